The first-order valence-corrected chi connectivity index (χ1v) is 6.31. The van der Waals surface area contributed by atoms with Gasteiger partial charge in [-0.2, -0.15) is 0 Å². The molecule has 0 fully saturated rings. The average Bonchev–Trinajstić information content (AvgIpc) is 2.30. The van der Waals surface area contributed by atoms with Gasteiger partial charge in [0.15, 0.2) is 0 Å². The van der Waals surface area contributed by atoms with E-state index in [1.807, 2.05) is 12.1 Å². The van der Waals surface area contributed by atoms with Gasteiger partial charge >= 0.3 is 0 Å². The van der Waals surface area contributed by atoms with Crippen molar-refractivity contribution in [3.05, 3.63) is 69.8 Å². The van der Waals surface area contributed by atoms with E-state index in [2.05, 4.69) is 52.0 Å². The molecule has 0 saturated heterocycles. The Morgan fingerprint density at radius 2 is 1.50 bits per heavy atom. The molecule has 0 spiro atoms. The molecule has 2 aromatic carbocycles. The predicted octanol–water partition coefficient (Wildman–Crippen LogP) is 4.00. The predicted molar refractivity (Wildman–Crippen MR) is 75.9 cm³/mol. The van der Waals surface area contributed by atoms with Crippen LogP contribution in [0.1, 0.15) is 39.5 Å². The van der Waals surface area contributed by atoms with Crippen molar-refractivity contribution >= 4 is 0 Å². The molecule has 0 aromatic heterocycles. The first-order chi connectivity index (χ1) is 8.49. The molecule has 0 bridgehead atoms. The number of aliphatic hydroxyl groups is 1. The molecular weight excluding hydrogens is 220 g/mol. The first kappa shape index (κ1) is 12.8. The average molecular weight is 240 g/mol. The van der Waals surface area contributed by atoms with Crippen molar-refractivity contribution < 1.29 is 5.11 Å². The topological polar surface area (TPSA) is 20.2 Å². The number of rotatable bonds is 2. The Morgan fingerprint density at radius 3 is 2.11 bits per heavy atom. The zero-order valence-corrected chi connectivity index (χ0v) is 11.5. The summed E-state index contributed by atoms with van der Waals surface area (Å²) in [6.45, 7) is 8.27. The molecule has 1 N–H and O–H groups in total. The van der Waals surface area contributed by atoms with Gasteiger partial charge in [-0.1, -0.05) is 47.5 Å². The van der Waals surface area contributed by atoms with E-state index in [-0.39, 0.29) is 0 Å². The normalized spacial score (nSPS) is 12.5. The van der Waals surface area contributed by atoms with Crippen LogP contribution in [-0.2, 0) is 0 Å². The maximum atomic E-state index is 10.5. The highest BCUT2D eigenvalue weighted by atomic mass is 16.3. The Bertz CT molecular complexity index is 550. The molecule has 0 aliphatic rings. The van der Waals surface area contributed by atoms with Gasteiger partial charge in [0.25, 0.3) is 0 Å². The summed E-state index contributed by atoms with van der Waals surface area (Å²) in [6, 6.07) is 12.3. The van der Waals surface area contributed by atoms with Crippen molar-refractivity contribution in [2.24, 2.45) is 0 Å². The van der Waals surface area contributed by atoms with Gasteiger partial charge in [0.2, 0.25) is 0 Å². The largest absolute Gasteiger partial charge is 0.384 e. The number of benzene rings is 2. The summed E-state index contributed by atoms with van der Waals surface area (Å²) in [5.41, 5.74) is 6.74. The maximum Gasteiger partial charge on any atom is 0.104 e. The lowest BCUT2D eigenvalue weighted by atomic mass is 9.93. The van der Waals surface area contributed by atoms with Crippen molar-refractivity contribution in [3.63, 3.8) is 0 Å². The lowest BCUT2D eigenvalue weighted by Gasteiger charge is -2.17. The Hall–Kier alpha value is -1.60. The van der Waals surface area contributed by atoms with Crippen molar-refractivity contribution in [2.45, 2.75) is 33.8 Å². The second-order valence-corrected chi connectivity index (χ2v) is 5.11. The summed E-state index contributed by atoms with van der Waals surface area (Å²) in [6.07, 6.45) is -0.538. The second kappa shape index (κ2) is 4.95. The van der Waals surface area contributed by atoms with E-state index >= 15 is 0 Å². The van der Waals surface area contributed by atoms with E-state index in [9.17, 15) is 5.11 Å². The number of hydrogen-bond acceptors (Lipinski definition) is 1. The van der Waals surface area contributed by atoms with E-state index in [4.69, 9.17) is 0 Å². The summed E-state index contributed by atoms with van der Waals surface area (Å²) in [5.74, 6) is 0. The molecule has 2 rings (SSSR count). The third-order valence-corrected chi connectivity index (χ3v) is 3.50. The Labute approximate surface area is 109 Å². The molecule has 18 heavy (non-hydrogen) atoms. The molecule has 0 aliphatic carbocycles. The number of hydrogen-bond donors (Lipinski definition) is 1. The molecule has 1 nitrogen and oxygen atoms in total. The Kier molecular flexibility index (Phi) is 3.53. The lowest BCUT2D eigenvalue weighted by Crippen LogP contribution is -2.03. The van der Waals surface area contributed by atoms with Crippen molar-refractivity contribution in [3.8, 4) is 0 Å². The Balaban J connectivity index is 2.47. The number of aryl methyl sites for hydroxylation is 3. The minimum atomic E-state index is -0.538. The molecule has 0 saturated carbocycles. The first-order valence-electron chi connectivity index (χ1n) is 6.31. The van der Waals surface area contributed by atoms with E-state index in [1.54, 1.807) is 0 Å². The standard InChI is InChI=1S/C17H20O/c1-11-8-12(2)10-15(9-11)17(18)16-7-5-6-13(3)14(16)4/h5-10,17-18H,1-4H3. The van der Waals surface area contributed by atoms with Crippen molar-refractivity contribution in [2.75, 3.05) is 0 Å². The van der Waals surface area contributed by atoms with Crippen molar-refractivity contribution in [1.82, 2.24) is 0 Å². The van der Waals surface area contributed by atoms with Crippen LogP contribution in [0.5, 0.6) is 0 Å². The highest BCUT2D eigenvalue weighted by Crippen LogP contribution is 2.27. The van der Waals surface area contributed by atoms with Gasteiger partial charge in [-0.3, -0.25) is 0 Å². The zero-order chi connectivity index (χ0) is 13.3. The number of aliphatic hydroxyl groups excluding tert-OH is 1. The fraction of sp³-hybridized carbons (Fsp3) is 0.294. The Morgan fingerprint density at radius 1 is 0.889 bits per heavy atom. The molecule has 2 aromatic rings. The van der Waals surface area contributed by atoms with Crippen LogP contribution in [0.15, 0.2) is 36.4 Å². The van der Waals surface area contributed by atoms with Crippen LogP contribution in [0, 0.1) is 27.7 Å². The van der Waals surface area contributed by atoms with Crippen LogP contribution < -0.4 is 0 Å². The van der Waals surface area contributed by atoms with Crippen LogP contribution in [0.3, 0.4) is 0 Å². The highest BCUT2D eigenvalue weighted by molar-refractivity contribution is 5.41. The van der Waals surface area contributed by atoms with Gasteiger partial charge in [0.05, 0.1) is 0 Å². The third-order valence-electron chi connectivity index (χ3n) is 3.50. The molecule has 0 aliphatic heterocycles. The molecule has 1 heteroatoms. The molecular formula is C17H20O. The molecule has 0 heterocycles. The van der Waals surface area contributed by atoms with Crippen LogP contribution in [0.4, 0.5) is 0 Å². The molecule has 94 valence electrons. The van der Waals surface area contributed by atoms with Crippen LogP contribution in [-0.4, -0.2) is 5.11 Å². The highest BCUT2D eigenvalue weighted by Gasteiger charge is 2.14. The second-order valence-electron chi connectivity index (χ2n) is 5.11. The summed E-state index contributed by atoms with van der Waals surface area (Å²) < 4.78 is 0. The van der Waals surface area contributed by atoms with Crippen LogP contribution >= 0.6 is 0 Å². The molecule has 0 amide bonds. The monoisotopic (exact) mass is 240 g/mol. The summed E-state index contributed by atoms with van der Waals surface area (Å²) in [7, 11) is 0. The molecule has 1 atom stereocenters. The molecule has 1 unspecified atom stereocenters. The van der Waals surface area contributed by atoms with E-state index in [1.165, 1.54) is 22.3 Å². The third kappa shape index (κ3) is 2.46. The fourth-order valence-electron chi connectivity index (χ4n) is 2.42. The summed E-state index contributed by atoms with van der Waals surface area (Å²) in [5, 5.41) is 10.5. The van der Waals surface area contributed by atoms with E-state index < -0.39 is 6.10 Å². The van der Waals surface area contributed by atoms with Crippen LogP contribution in [0.25, 0.3) is 0 Å². The van der Waals surface area contributed by atoms with Gasteiger partial charge in [0.1, 0.15) is 6.10 Å². The maximum absolute atomic E-state index is 10.5. The van der Waals surface area contributed by atoms with Gasteiger partial charge in [0, 0.05) is 0 Å². The lowest BCUT2D eigenvalue weighted by molar-refractivity contribution is 0.219. The quantitative estimate of drug-likeness (QED) is 0.841. The van der Waals surface area contributed by atoms with E-state index in [0.29, 0.717) is 0 Å². The van der Waals surface area contributed by atoms with Gasteiger partial charge in [-0.25, -0.2) is 0 Å². The van der Waals surface area contributed by atoms with Gasteiger partial charge in [-0.05, 0) is 49.9 Å². The summed E-state index contributed by atoms with van der Waals surface area (Å²) in [4.78, 5) is 0. The molecule has 0 radical (unpaired) electrons. The summed E-state index contributed by atoms with van der Waals surface area (Å²) >= 11 is 0. The smallest absolute Gasteiger partial charge is 0.104 e. The SMILES string of the molecule is Cc1cc(C)cc(C(O)c2cccc(C)c2C)c1. The van der Waals surface area contributed by atoms with Crippen LogP contribution in [0.2, 0.25) is 0 Å². The van der Waals surface area contributed by atoms with Gasteiger partial charge in [-0.15, -0.1) is 0 Å². The fourth-order valence-corrected chi connectivity index (χ4v) is 2.42. The van der Waals surface area contributed by atoms with Crippen molar-refractivity contribution in [1.29, 1.82) is 0 Å². The zero-order valence-electron chi connectivity index (χ0n) is 11.5. The van der Waals surface area contributed by atoms with Gasteiger partial charge < -0.3 is 5.11 Å². The van der Waals surface area contributed by atoms with E-state index in [0.717, 1.165) is 11.1 Å². The minimum Gasteiger partial charge on any atom is -0.384 e. The minimum absolute atomic E-state index is 0.538.